The number of hydrogen-bond acceptors (Lipinski definition) is 4. The Labute approximate surface area is 128 Å². The van der Waals surface area contributed by atoms with E-state index in [2.05, 4.69) is 15.3 Å². The molecule has 2 rings (SSSR count). The fourth-order valence-electron chi connectivity index (χ4n) is 1.76. The summed E-state index contributed by atoms with van der Waals surface area (Å²) in [7, 11) is 0. The molecule has 1 aromatic heterocycles. The Morgan fingerprint density at radius 3 is 2.38 bits per heavy atom. The molecule has 0 aliphatic rings. The first-order valence-corrected chi connectivity index (χ1v) is 7.06. The predicted molar refractivity (Wildman–Crippen MR) is 82.0 cm³/mol. The van der Waals surface area contributed by atoms with Gasteiger partial charge in [0.05, 0.1) is 0 Å². The summed E-state index contributed by atoms with van der Waals surface area (Å²) in [5.74, 6) is 0.795. The first-order chi connectivity index (χ1) is 10.1. The molecule has 1 N–H and O–H groups in total. The summed E-state index contributed by atoms with van der Waals surface area (Å²) in [5, 5.41) is 2.74. The molecule has 0 saturated carbocycles. The van der Waals surface area contributed by atoms with Crippen molar-refractivity contribution in [2.75, 3.05) is 11.2 Å². The first kappa shape index (κ1) is 15.3. The van der Waals surface area contributed by atoms with E-state index < -0.39 is 0 Å². The van der Waals surface area contributed by atoms with Crippen molar-refractivity contribution in [3.05, 3.63) is 41.7 Å². The van der Waals surface area contributed by atoms with Crippen LogP contribution in [0.2, 0.25) is 0 Å². The average molecular weight is 306 g/mol. The average Bonchev–Trinajstić information content (AvgIpc) is 2.40. The minimum absolute atomic E-state index is 0.115. The Balaban J connectivity index is 2.03. The van der Waals surface area contributed by atoms with Gasteiger partial charge in [0.2, 0.25) is 5.91 Å². The van der Waals surface area contributed by atoms with Gasteiger partial charge in [-0.05, 0) is 44.2 Å². The molecular formula is C15H16ClN3O2. The van der Waals surface area contributed by atoms with Gasteiger partial charge in [0.15, 0.2) is 0 Å². The van der Waals surface area contributed by atoms with E-state index in [0.29, 0.717) is 23.3 Å². The van der Waals surface area contributed by atoms with Crippen LogP contribution in [0.3, 0.4) is 0 Å². The Morgan fingerprint density at radius 2 is 1.81 bits per heavy atom. The lowest BCUT2D eigenvalue weighted by Gasteiger charge is -2.07. The van der Waals surface area contributed by atoms with Crippen molar-refractivity contribution in [2.45, 2.75) is 20.3 Å². The van der Waals surface area contributed by atoms with Gasteiger partial charge in [-0.3, -0.25) is 4.79 Å². The van der Waals surface area contributed by atoms with Crippen molar-refractivity contribution in [3.63, 3.8) is 0 Å². The fourth-order valence-corrected chi connectivity index (χ4v) is 1.93. The summed E-state index contributed by atoms with van der Waals surface area (Å²) in [5.41, 5.74) is 2.39. The second kappa shape index (κ2) is 7.04. The van der Waals surface area contributed by atoms with Gasteiger partial charge in [0.25, 0.3) is 0 Å². The molecule has 0 unspecified atom stereocenters. The molecule has 6 heteroatoms. The van der Waals surface area contributed by atoms with Crippen molar-refractivity contribution in [2.24, 2.45) is 0 Å². The number of amides is 1. The van der Waals surface area contributed by atoms with Crippen LogP contribution in [0.1, 0.15) is 17.8 Å². The zero-order valence-corrected chi connectivity index (χ0v) is 12.6. The summed E-state index contributed by atoms with van der Waals surface area (Å²) in [4.78, 5) is 19.8. The van der Waals surface area contributed by atoms with Crippen molar-refractivity contribution in [3.8, 4) is 11.8 Å². The fraction of sp³-hybridized carbons (Fsp3) is 0.267. The molecule has 0 atom stereocenters. The van der Waals surface area contributed by atoms with Gasteiger partial charge in [0.1, 0.15) is 5.75 Å². The van der Waals surface area contributed by atoms with Gasteiger partial charge >= 0.3 is 6.01 Å². The number of ether oxygens (including phenoxy) is 1. The number of nitrogens with one attached hydrogen (secondary N) is 1. The van der Waals surface area contributed by atoms with E-state index in [-0.39, 0.29) is 12.3 Å². The molecule has 0 fully saturated rings. The third kappa shape index (κ3) is 4.72. The highest BCUT2D eigenvalue weighted by atomic mass is 35.5. The lowest BCUT2D eigenvalue weighted by molar-refractivity contribution is -0.115. The quantitative estimate of drug-likeness (QED) is 0.859. The van der Waals surface area contributed by atoms with Gasteiger partial charge in [-0.25, -0.2) is 9.97 Å². The molecule has 0 radical (unpaired) electrons. The molecule has 0 aliphatic heterocycles. The lowest BCUT2D eigenvalue weighted by atomic mass is 10.3. The highest BCUT2D eigenvalue weighted by Gasteiger charge is 2.04. The highest BCUT2D eigenvalue weighted by Crippen LogP contribution is 2.21. The second-order valence-electron chi connectivity index (χ2n) is 4.55. The maximum atomic E-state index is 11.4. The number of nitrogens with zero attached hydrogens (tertiary/aromatic N) is 2. The SMILES string of the molecule is Cc1cc(C)nc(Oc2ccc(NC(=O)CCCl)cc2)n1. The Bertz CT molecular complexity index is 609. The van der Waals surface area contributed by atoms with Crippen LogP contribution in [0.25, 0.3) is 0 Å². The molecule has 110 valence electrons. The number of anilines is 1. The van der Waals surface area contributed by atoms with E-state index in [1.807, 2.05) is 19.9 Å². The molecule has 5 nitrogen and oxygen atoms in total. The number of rotatable bonds is 5. The van der Waals surface area contributed by atoms with Crippen LogP contribution in [0.4, 0.5) is 5.69 Å². The number of aryl methyl sites for hydroxylation is 2. The largest absolute Gasteiger partial charge is 0.424 e. The monoisotopic (exact) mass is 305 g/mol. The third-order valence-corrected chi connectivity index (χ3v) is 2.82. The van der Waals surface area contributed by atoms with E-state index in [4.69, 9.17) is 16.3 Å². The molecule has 1 amide bonds. The van der Waals surface area contributed by atoms with Gasteiger partial charge in [-0.1, -0.05) is 0 Å². The van der Waals surface area contributed by atoms with Crippen molar-refractivity contribution in [1.29, 1.82) is 0 Å². The number of hydrogen-bond donors (Lipinski definition) is 1. The van der Waals surface area contributed by atoms with Crippen LogP contribution in [0.5, 0.6) is 11.8 Å². The van der Waals surface area contributed by atoms with Crippen LogP contribution < -0.4 is 10.1 Å². The number of aromatic nitrogens is 2. The van der Waals surface area contributed by atoms with Crippen LogP contribution >= 0.6 is 11.6 Å². The number of alkyl halides is 1. The second-order valence-corrected chi connectivity index (χ2v) is 4.92. The van der Waals surface area contributed by atoms with E-state index in [9.17, 15) is 4.79 Å². The van der Waals surface area contributed by atoms with Crippen LogP contribution in [0.15, 0.2) is 30.3 Å². The topological polar surface area (TPSA) is 64.1 Å². The molecule has 0 bridgehead atoms. The lowest BCUT2D eigenvalue weighted by Crippen LogP contribution is -2.11. The number of halogens is 1. The molecule has 0 spiro atoms. The normalized spacial score (nSPS) is 10.2. The number of benzene rings is 1. The minimum atomic E-state index is -0.115. The smallest absolute Gasteiger partial charge is 0.322 e. The van der Waals surface area contributed by atoms with Crippen molar-refractivity contribution in [1.82, 2.24) is 9.97 Å². The molecule has 1 aromatic carbocycles. The maximum Gasteiger partial charge on any atom is 0.322 e. The molecule has 2 aromatic rings. The number of carbonyl (C=O) groups is 1. The minimum Gasteiger partial charge on any atom is -0.424 e. The molecule has 1 heterocycles. The summed E-state index contributed by atoms with van der Waals surface area (Å²) in [6.45, 7) is 3.77. The maximum absolute atomic E-state index is 11.4. The summed E-state index contributed by atoms with van der Waals surface area (Å²) in [6.07, 6.45) is 0.288. The Kier molecular flexibility index (Phi) is 5.11. The summed E-state index contributed by atoms with van der Waals surface area (Å²) in [6, 6.07) is 9.19. The molecule has 0 saturated heterocycles. The van der Waals surface area contributed by atoms with Crippen LogP contribution in [-0.2, 0) is 4.79 Å². The van der Waals surface area contributed by atoms with Gasteiger partial charge < -0.3 is 10.1 Å². The highest BCUT2D eigenvalue weighted by molar-refractivity contribution is 6.19. The van der Waals surface area contributed by atoms with E-state index in [1.165, 1.54) is 0 Å². The zero-order chi connectivity index (χ0) is 15.2. The van der Waals surface area contributed by atoms with Crippen LogP contribution in [0, 0.1) is 13.8 Å². The number of carbonyl (C=O) groups excluding carboxylic acids is 1. The van der Waals surface area contributed by atoms with Gasteiger partial charge in [-0.15, -0.1) is 11.6 Å². The van der Waals surface area contributed by atoms with Crippen LogP contribution in [-0.4, -0.2) is 21.8 Å². The van der Waals surface area contributed by atoms with E-state index >= 15 is 0 Å². The van der Waals surface area contributed by atoms with E-state index in [1.54, 1.807) is 24.3 Å². The zero-order valence-electron chi connectivity index (χ0n) is 11.9. The molecule has 0 aliphatic carbocycles. The summed E-state index contributed by atoms with van der Waals surface area (Å²) >= 11 is 5.51. The first-order valence-electron chi connectivity index (χ1n) is 6.53. The van der Waals surface area contributed by atoms with Crippen molar-refractivity contribution >= 4 is 23.2 Å². The van der Waals surface area contributed by atoms with E-state index in [0.717, 1.165) is 11.4 Å². The Hall–Kier alpha value is -2.14. The Morgan fingerprint density at radius 1 is 1.19 bits per heavy atom. The predicted octanol–water partition coefficient (Wildman–Crippen LogP) is 3.45. The third-order valence-electron chi connectivity index (χ3n) is 2.63. The molecular weight excluding hydrogens is 290 g/mol. The van der Waals surface area contributed by atoms with Gasteiger partial charge in [-0.2, -0.15) is 0 Å². The molecule has 21 heavy (non-hydrogen) atoms. The summed E-state index contributed by atoms with van der Waals surface area (Å²) < 4.78 is 5.59. The van der Waals surface area contributed by atoms with Gasteiger partial charge in [0, 0.05) is 29.4 Å². The van der Waals surface area contributed by atoms with Crippen molar-refractivity contribution < 1.29 is 9.53 Å². The standard InChI is InChI=1S/C15H16ClN3O2/c1-10-9-11(2)18-15(17-10)21-13-5-3-12(4-6-13)19-14(20)7-8-16/h3-6,9H,7-8H2,1-2H3,(H,19,20).